The molecule has 1 amide bonds. The van der Waals surface area contributed by atoms with Crippen LogP contribution >= 0.6 is 11.3 Å². The van der Waals surface area contributed by atoms with Crippen LogP contribution < -0.4 is 5.32 Å². The molecule has 0 aliphatic carbocycles. The van der Waals surface area contributed by atoms with Crippen LogP contribution in [0.5, 0.6) is 0 Å². The molecule has 0 radical (unpaired) electrons. The van der Waals surface area contributed by atoms with E-state index in [1.165, 1.54) is 6.08 Å². The minimum atomic E-state index is -0.585. The molecule has 0 saturated heterocycles. The number of carbonyl (C=O) groups excluding carboxylic acids is 2. The van der Waals surface area contributed by atoms with Crippen LogP contribution in [0.15, 0.2) is 60.1 Å². The maximum Gasteiger partial charge on any atom is 0.331 e. The lowest BCUT2D eigenvalue weighted by atomic mass is 10.1. The lowest BCUT2D eigenvalue weighted by molar-refractivity contribution is -0.144. The first-order valence-electron chi connectivity index (χ1n) is 9.17. The Kier molecular flexibility index (Phi) is 6.29. The zero-order valence-corrected chi connectivity index (χ0v) is 17.4. The van der Waals surface area contributed by atoms with Gasteiger partial charge < -0.3 is 10.1 Å². The van der Waals surface area contributed by atoms with Crippen LogP contribution in [-0.2, 0) is 14.3 Å². The highest BCUT2D eigenvalue weighted by Gasteiger charge is 2.15. The van der Waals surface area contributed by atoms with Crippen molar-refractivity contribution in [2.24, 2.45) is 0 Å². The number of ether oxygens (including phenoxy) is 1. The minimum Gasteiger partial charge on any atom is -0.452 e. The van der Waals surface area contributed by atoms with Crippen LogP contribution in [-0.4, -0.2) is 33.8 Å². The fourth-order valence-electron chi connectivity index (χ4n) is 2.62. The van der Waals surface area contributed by atoms with E-state index in [1.807, 2.05) is 74.8 Å². The summed E-state index contributed by atoms with van der Waals surface area (Å²) in [6.45, 7) is 5.27. The fraction of sp³-hybridized carbons (Fsp3) is 0.227. The Morgan fingerprint density at radius 1 is 1.17 bits per heavy atom. The van der Waals surface area contributed by atoms with Gasteiger partial charge in [0, 0.05) is 23.4 Å². The van der Waals surface area contributed by atoms with Crippen molar-refractivity contribution >= 4 is 29.3 Å². The van der Waals surface area contributed by atoms with Crippen molar-refractivity contribution in [3.8, 4) is 16.3 Å². The number of aromatic nitrogens is 2. The number of nitrogens with one attached hydrogen (secondary N) is 1. The van der Waals surface area contributed by atoms with Gasteiger partial charge in [0.05, 0.1) is 10.6 Å². The summed E-state index contributed by atoms with van der Waals surface area (Å²) in [5.41, 5.74) is 2.11. The van der Waals surface area contributed by atoms with Gasteiger partial charge in [0.15, 0.2) is 6.61 Å². The zero-order valence-electron chi connectivity index (χ0n) is 16.6. The maximum atomic E-state index is 12.0. The molecule has 0 fully saturated rings. The molecule has 0 unspecified atom stereocenters. The SMILES string of the molecule is CC(C)(C)NC(=O)COC(=O)/C=C/c1cn(-c2ccccc2)nc1-c1cccs1. The highest BCUT2D eigenvalue weighted by Crippen LogP contribution is 2.28. The number of hydrogen-bond donors (Lipinski definition) is 1. The molecule has 150 valence electrons. The van der Waals surface area contributed by atoms with Gasteiger partial charge in [-0.05, 0) is 50.4 Å². The second kappa shape index (κ2) is 8.87. The molecule has 29 heavy (non-hydrogen) atoms. The van der Waals surface area contributed by atoms with Crippen molar-refractivity contribution in [3.63, 3.8) is 0 Å². The number of para-hydroxylation sites is 1. The van der Waals surface area contributed by atoms with Gasteiger partial charge in [-0.3, -0.25) is 4.79 Å². The Morgan fingerprint density at radius 3 is 2.59 bits per heavy atom. The molecule has 0 aliphatic heterocycles. The van der Waals surface area contributed by atoms with Crippen molar-refractivity contribution in [2.45, 2.75) is 26.3 Å². The van der Waals surface area contributed by atoms with E-state index >= 15 is 0 Å². The number of rotatable bonds is 6. The topological polar surface area (TPSA) is 73.2 Å². The average molecular weight is 410 g/mol. The first-order valence-corrected chi connectivity index (χ1v) is 10.0. The third-order valence-electron chi connectivity index (χ3n) is 3.78. The van der Waals surface area contributed by atoms with Gasteiger partial charge in [0.2, 0.25) is 0 Å². The van der Waals surface area contributed by atoms with Crippen LogP contribution in [0.4, 0.5) is 0 Å². The molecule has 1 aromatic carbocycles. The van der Waals surface area contributed by atoms with Gasteiger partial charge in [-0.1, -0.05) is 24.3 Å². The summed E-state index contributed by atoms with van der Waals surface area (Å²) in [7, 11) is 0. The number of esters is 1. The van der Waals surface area contributed by atoms with E-state index in [9.17, 15) is 9.59 Å². The molecule has 1 N–H and O–H groups in total. The number of benzene rings is 1. The lowest BCUT2D eigenvalue weighted by Crippen LogP contribution is -2.42. The molecule has 2 heterocycles. The van der Waals surface area contributed by atoms with Crippen molar-refractivity contribution in [3.05, 3.63) is 65.7 Å². The van der Waals surface area contributed by atoms with E-state index in [4.69, 9.17) is 4.74 Å². The van der Waals surface area contributed by atoms with Gasteiger partial charge in [-0.15, -0.1) is 11.3 Å². The molecule has 2 aromatic heterocycles. The molecular formula is C22H23N3O3S. The number of nitrogens with zero attached hydrogens (tertiary/aromatic N) is 2. The molecular weight excluding hydrogens is 386 g/mol. The Bertz CT molecular complexity index is 1000. The summed E-state index contributed by atoms with van der Waals surface area (Å²) in [6.07, 6.45) is 4.83. The van der Waals surface area contributed by atoms with Crippen LogP contribution in [0, 0.1) is 0 Å². The van der Waals surface area contributed by atoms with E-state index in [0.717, 1.165) is 21.8 Å². The molecule has 3 rings (SSSR count). The fourth-order valence-corrected chi connectivity index (χ4v) is 3.36. The van der Waals surface area contributed by atoms with Gasteiger partial charge in [0.1, 0.15) is 5.69 Å². The maximum absolute atomic E-state index is 12.0. The first kappa shape index (κ1) is 20.5. The standard InChI is InChI=1S/C22H23N3O3S/c1-22(2,3)23-19(26)15-28-20(27)12-11-16-14-25(17-8-5-4-6-9-17)24-21(16)18-10-7-13-29-18/h4-14H,15H2,1-3H3,(H,23,26)/b12-11+. The quantitative estimate of drug-likeness (QED) is 0.492. The molecule has 3 aromatic rings. The third-order valence-corrected chi connectivity index (χ3v) is 4.65. The number of amides is 1. The van der Waals surface area contributed by atoms with E-state index in [1.54, 1.807) is 22.1 Å². The second-order valence-electron chi connectivity index (χ2n) is 7.43. The molecule has 0 aliphatic rings. The predicted molar refractivity (Wildman–Crippen MR) is 115 cm³/mol. The van der Waals surface area contributed by atoms with E-state index in [0.29, 0.717) is 0 Å². The third kappa shape index (κ3) is 5.89. The van der Waals surface area contributed by atoms with Crippen LogP contribution in [0.25, 0.3) is 22.3 Å². The Balaban J connectivity index is 1.75. The van der Waals surface area contributed by atoms with Crippen molar-refractivity contribution in [1.82, 2.24) is 15.1 Å². The number of carbonyl (C=O) groups is 2. The summed E-state index contributed by atoms with van der Waals surface area (Å²) in [5.74, 6) is -0.922. The first-order chi connectivity index (χ1) is 13.8. The van der Waals surface area contributed by atoms with Crippen LogP contribution in [0.3, 0.4) is 0 Å². The highest BCUT2D eigenvalue weighted by atomic mass is 32.1. The summed E-state index contributed by atoms with van der Waals surface area (Å²) < 4.78 is 6.81. The smallest absolute Gasteiger partial charge is 0.331 e. The Labute approximate surface area is 173 Å². The molecule has 0 spiro atoms. The summed E-state index contributed by atoms with van der Waals surface area (Å²) >= 11 is 1.57. The van der Waals surface area contributed by atoms with Gasteiger partial charge in [-0.25, -0.2) is 9.48 Å². The largest absolute Gasteiger partial charge is 0.452 e. The average Bonchev–Trinajstić information content (AvgIpc) is 3.33. The molecule has 7 heteroatoms. The van der Waals surface area contributed by atoms with E-state index < -0.39 is 5.97 Å². The normalized spacial score (nSPS) is 11.6. The minimum absolute atomic E-state index is 0.318. The number of hydrogen-bond acceptors (Lipinski definition) is 5. The van der Waals surface area contributed by atoms with Crippen molar-refractivity contribution < 1.29 is 14.3 Å². The van der Waals surface area contributed by atoms with Crippen LogP contribution in [0.2, 0.25) is 0 Å². The van der Waals surface area contributed by atoms with Crippen molar-refractivity contribution in [2.75, 3.05) is 6.61 Å². The van der Waals surface area contributed by atoms with E-state index in [-0.39, 0.29) is 18.1 Å². The molecule has 0 bridgehead atoms. The summed E-state index contributed by atoms with van der Waals surface area (Å²) in [5, 5.41) is 9.40. The summed E-state index contributed by atoms with van der Waals surface area (Å²) in [4.78, 5) is 24.8. The lowest BCUT2D eigenvalue weighted by Gasteiger charge is -2.20. The predicted octanol–water partition coefficient (Wildman–Crippen LogP) is 4.07. The van der Waals surface area contributed by atoms with Gasteiger partial charge in [0.25, 0.3) is 5.91 Å². The van der Waals surface area contributed by atoms with Gasteiger partial charge >= 0.3 is 5.97 Å². The van der Waals surface area contributed by atoms with Crippen LogP contribution in [0.1, 0.15) is 26.3 Å². The second-order valence-corrected chi connectivity index (χ2v) is 8.38. The molecule has 6 nitrogen and oxygen atoms in total. The molecule has 0 atom stereocenters. The summed E-state index contributed by atoms with van der Waals surface area (Å²) in [6, 6.07) is 13.7. The van der Waals surface area contributed by atoms with E-state index in [2.05, 4.69) is 10.4 Å². The van der Waals surface area contributed by atoms with Gasteiger partial charge in [-0.2, -0.15) is 5.10 Å². The zero-order chi connectivity index (χ0) is 20.9. The van der Waals surface area contributed by atoms with Crippen molar-refractivity contribution in [1.29, 1.82) is 0 Å². The highest BCUT2D eigenvalue weighted by molar-refractivity contribution is 7.13. The Morgan fingerprint density at radius 2 is 1.93 bits per heavy atom. The molecule has 0 saturated carbocycles. The monoisotopic (exact) mass is 409 g/mol. The Hall–Kier alpha value is -3.19. The number of thiophene rings is 1.